The first-order valence-electron chi connectivity index (χ1n) is 6.77. The number of carbonyl (C=O) groups is 1. The Kier molecular flexibility index (Phi) is 3.80. The van der Waals surface area contributed by atoms with E-state index in [9.17, 15) is 9.18 Å². The number of halogens is 2. The lowest BCUT2D eigenvalue weighted by molar-refractivity contribution is 0.102. The summed E-state index contributed by atoms with van der Waals surface area (Å²) in [5.41, 5.74) is 2.67. The summed E-state index contributed by atoms with van der Waals surface area (Å²) in [4.78, 5) is 12.2. The molecule has 1 aliphatic heterocycles. The molecule has 0 saturated heterocycles. The summed E-state index contributed by atoms with van der Waals surface area (Å²) in [6.45, 7) is 0.948. The minimum absolute atomic E-state index is 0.0139. The minimum atomic E-state index is -0.546. The van der Waals surface area contributed by atoms with Crippen LogP contribution in [-0.2, 0) is 6.42 Å². The molecule has 2 aromatic rings. The molecule has 5 heteroatoms. The van der Waals surface area contributed by atoms with Gasteiger partial charge in [-0.1, -0.05) is 17.7 Å². The van der Waals surface area contributed by atoms with Crippen molar-refractivity contribution in [2.45, 2.75) is 12.8 Å². The van der Waals surface area contributed by atoms with Gasteiger partial charge in [-0.15, -0.1) is 0 Å². The Morgan fingerprint density at radius 1 is 1.29 bits per heavy atom. The van der Waals surface area contributed by atoms with E-state index in [1.54, 1.807) is 6.07 Å². The summed E-state index contributed by atoms with van der Waals surface area (Å²) in [7, 11) is 0. The average Bonchev–Trinajstić information content (AvgIpc) is 2.50. The third-order valence-electron chi connectivity index (χ3n) is 3.51. The highest BCUT2D eigenvalue weighted by atomic mass is 35.5. The second-order valence-electron chi connectivity index (χ2n) is 4.95. The summed E-state index contributed by atoms with van der Waals surface area (Å²) in [5.74, 6) is -0.911. The fourth-order valence-electron chi connectivity index (χ4n) is 2.42. The summed E-state index contributed by atoms with van der Waals surface area (Å²) in [6.07, 6.45) is 1.97. The van der Waals surface area contributed by atoms with Crippen LogP contribution in [0.2, 0.25) is 5.02 Å². The van der Waals surface area contributed by atoms with Crippen LogP contribution in [0, 0.1) is 5.82 Å². The number of benzene rings is 2. The summed E-state index contributed by atoms with van der Waals surface area (Å²) in [5, 5.41) is 6.00. The molecule has 1 heterocycles. The van der Waals surface area contributed by atoms with Crippen LogP contribution in [0.1, 0.15) is 22.3 Å². The predicted molar refractivity (Wildman–Crippen MR) is 82.6 cm³/mol. The van der Waals surface area contributed by atoms with Gasteiger partial charge in [0.2, 0.25) is 0 Å². The van der Waals surface area contributed by atoms with Crippen molar-refractivity contribution in [2.75, 3.05) is 17.2 Å². The second-order valence-corrected chi connectivity index (χ2v) is 5.36. The first kappa shape index (κ1) is 13.9. The number of rotatable bonds is 2. The van der Waals surface area contributed by atoms with Gasteiger partial charge in [-0.25, -0.2) is 4.39 Å². The van der Waals surface area contributed by atoms with Crippen LogP contribution in [0.3, 0.4) is 0 Å². The van der Waals surface area contributed by atoms with E-state index >= 15 is 0 Å². The number of hydrogen-bond acceptors (Lipinski definition) is 2. The molecule has 0 aromatic heterocycles. The first-order valence-corrected chi connectivity index (χ1v) is 7.15. The Bertz CT molecular complexity index is 682. The normalized spacial score (nSPS) is 13.2. The van der Waals surface area contributed by atoms with Crippen LogP contribution in [0.4, 0.5) is 15.8 Å². The van der Waals surface area contributed by atoms with Crippen LogP contribution in [0.15, 0.2) is 36.4 Å². The standard InChI is InChI=1S/C16H14ClFN2O/c17-12-4-1-5-13(18)15(12)20-16(21)11-6-7-14-10(9-11)3-2-8-19-14/h1,4-7,9,19H,2-3,8H2,(H,20,21). The van der Waals surface area contributed by atoms with Crippen LogP contribution < -0.4 is 10.6 Å². The topological polar surface area (TPSA) is 41.1 Å². The second kappa shape index (κ2) is 5.74. The Morgan fingerprint density at radius 2 is 2.14 bits per heavy atom. The third-order valence-corrected chi connectivity index (χ3v) is 3.82. The van der Waals surface area contributed by atoms with Gasteiger partial charge in [0.1, 0.15) is 5.82 Å². The van der Waals surface area contributed by atoms with Crippen molar-refractivity contribution in [3.63, 3.8) is 0 Å². The number of para-hydroxylation sites is 1. The minimum Gasteiger partial charge on any atom is -0.385 e. The van der Waals surface area contributed by atoms with Crippen molar-refractivity contribution in [3.05, 3.63) is 58.4 Å². The lowest BCUT2D eigenvalue weighted by atomic mass is 10.0. The van der Waals surface area contributed by atoms with Gasteiger partial charge in [-0.3, -0.25) is 4.79 Å². The van der Waals surface area contributed by atoms with Crippen molar-refractivity contribution in [3.8, 4) is 0 Å². The van der Waals surface area contributed by atoms with Crippen molar-refractivity contribution in [2.24, 2.45) is 0 Å². The molecule has 2 N–H and O–H groups in total. The van der Waals surface area contributed by atoms with E-state index in [1.165, 1.54) is 18.2 Å². The Labute approximate surface area is 127 Å². The predicted octanol–water partition coefficient (Wildman–Crippen LogP) is 4.09. The summed E-state index contributed by atoms with van der Waals surface area (Å²) < 4.78 is 13.7. The van der Waals surface area contributed by atoms with Gasteiger partial charge in [-0.05, 0) is 48.7 Å². The zero-order valence-electron chi connectivity index (χ0n) is 11.2. The van der Waals surface area contributed by atoms with Crippen LogP contribution in [-0.4, -0.2) is 12.5 Å². The molecule has 1 amide bonds. The molecule has 0 radical (unpaired) electrons. The fourth-order valence-corrected chi connectivity index (χ4v) is 2.63. The van der Waals surface area contributed by atoms with Crippen molar-refractivity contribution in [1.82, 2.24) is 0 Å². The number of carbonyl (C=O) groups excluding carboxylic acids is 1. The van der Waals surface area contributed by atoms with Crippen LogP contribution in [0.5, 0.6) is 0 Å². The van der Waals surface area contributed by atoms with Crippen molar-refractivity contribution in [1.29, 1.82) is 0 Å². The van der Waals surface area contributed by atoms with E-state index in [0.29, 0.717) is 5.56 Å². The number of aryl methyl sites for hydroxylation is 1. The number of fused-ring (bicyclic) bond motifs is 1. The molecule has 21 heavy (non-hydrogen) atoms. The molecule has 0 unspecified atom stereocenters. The smallest absolute Gasteiger partial charge is 0.255 e. The number of hydrogen-bond donors (Lipinski definition) is 2. The lowest BCUT2D eigenvalue weighted by Crippen LogP contribution is -2.16. The molecule has 0 saturated carbocycles. The fraction of sp³-hybridized carbons (Fsp3) is 0.188. The third kappa shape index (κ3) is 2.85. The van der Waals surface area contributed by atoms with Crippen LogP contribution in [0.25, 0.3) is 0 Å². The monoisotopic (exact) mass is 304 g/mol. The van der Waals surface area contributed by atoms with Crippen molar-refractivity contribution < 1.29 is 9.18 Å². The maximum Gasteiger partial charge on any atom is 0.255 e. The Morgan fingerprint density at radius 3 is 2.95 bits per heavy atom. The summed E-state index contributed by atoms with van der Waals surface area (Å²) >= 11 is 5.91. The van der Waals surface area contributed by atoms with Gasteiger partial charge in [0.05, 0.1) is 10.7 Å². The molecular formula is C16H14ClFN2O. The van der Waals surface area contributed by atoms with Gasteiger partial charge in [0.25, 0.3) is 5.91 Å². The average molecular weight is 305 g/mol. The number of amides is 1. The molecule has 1 aliphatic rings. The highest BCUT2D eigenvalue weighted by molar-refractivity contribution is 6.34. The van der Waals surface area contributed by atoms with E-state index in [0.717, 1.165) is 30.6 Å². The Hall–Kier alpha value is -2.07. The molecule has 3 nitrogen and oxygen atoms in total. The van der Waals surface area contributed by atoms with Gasteiger partial charge in [0, 0.05) is 17.8 Å². The molecular weight excluding hydrogens is 291 g/mol. The van der Waals surface area contributed by atoms with Gasteiger partial charge < -0.3 is 10.6 Å². The molecule has 0 aliphatic carbocycles. The van der Waals surface area contributed by atoms with Crippen molar-refractivity contribution >= 4 is 28.9 Å². The van der Waals surface area contributed by atoms with Crippen LogP contribution >= 0.6 is 11.6 Å². The van der Waals surface area contributed by atoms with E-state index in [2.05, 4.69) is 10.6 Å². The zero-order valence-corrected chi connectivity index (χ0v) is 12.0. The van der Waals surface area contributed by atoms with Gasteiger partial charge >= 0.3 is 0 Å². The highest BCUT2D eigenvalue weighted by Gasteiger charge is 2.15. The summed E-state index contributed by atoms with van der Waals surface area (Å²) in [6, 6.07) is 9.74. The molecule has 0 bridgehead atoms. The van der Waals surface area contributed by atoms with Gasteiger partial charge in [-0.2, -0.15) is 0 Å². The number of anilines is 2. The molecule has 108 valence electrons. The maximum atomic E-state index is 13.7. The van der Waals surface area contributed by atoms with E-state index in [-0.39, 0.29) is 16.6 Å². The Balaban J connectivity index is 1.86. The van der Waals surface area contributed by atoms with E-state index in [4.69, 9.17) is 11.6 Å². The lowest BCUT2D eigenvalue weighted by Gasteiger charge is -2.18. The van der Waals surface area contributed by atoms with E-state index in [1.807, 2.05) is 12.1 Å². The maximum absolute atomic E-state index is 13.7. The highest BCUT2D eigenvalue weighted by Crippen LogP contribution is 2.27. The molecule has 0 atom stereocenters. The molecule has 0 spiro atoms. The largest absolute Gasteiger partial charge is 0.385 e. The molecule has 0 fully saturated rings. The van der Waals surface area contributed by atoms with E-state index < -0.39 is 5.82 Å². The SMILES string of the molecule is O=C(Nc1c(F)cccc1Cl)c1ccc2c(c1)CCCN2. The zero-order chi connectivity index (χ0) is 14.8. The quantitative estimate of drug-likeness (QED) is 0.877. The van der Waals surface area contributed by atoms with Gasteiger partial charge in [0.15, 0.2) is 0 Å². The first-order chi connectivity index (χ1) is 10.1. The number of nitrogens with one attached hydrogen (secondary N) is 2. The molecule has 3 rings (SSSR count). The molecule has 2 aromatic carbocycles.